The van der Waals surface area contributed by atoms with Crippen molar-refractivity contribution in [3.63, 3.8) is 0 Å². The zero-order valence-electron chi connectivity index (χ0n) is 13.8. The molecule has 0 aliphatic heterocycles. The Balaban J connectivity index is 2.01. The lowest BCUT2D eigenvalue weighted by atomic mass is 10.2. The average molecular weight is 347 g/mol. The maximum Gasteiger partial charge on any atom is 0.228 e. The summed E-state index contributed by atoms with van der Waals surface area (Å²) in [6.07, 6.45) is 4.50. The molecule has 2 rings (SSSR count). The number of para-hydroxylation sites is 1. The van der Waals surface area contributed by atoms with Crippen LogP contribution < -0.4 is 4.90 Å². The predicted molar refractivity (Wildman–Crippen MR) is 94.0 cm³/mol. The highest BCUT2D eigenvalue weighted by Gasteiger charge is 2.20. The van der Waals surface area contributed by atoms with Crippen LogP contribution in [-0.2, 0) is 21.4 Å². The summed E-state index contributed by atoms with van der Waals surface area (Å²) in [6, 6.07) is 12.8. The number of sulfonamides is 1. The van der Waals surface area contributed by atoms with E-state index >= 15 is 0 Å². The van der Waals surface area contributed by atoms with Gasteiger partial charge in [-0.2, -0.15) is 4.31 Å². The van der Waals surface area contributed by atoms with Crippen LogP contribution in [-0.4, -0.2) is 43.5 Å². The van der Waals surface area contributed by atoms with E-state index in [0.29, 0.717) is 0 Å². The van der Waals surface area contributed by atoms with Crippen molar-refractivity contribution >= 4 is 21.6 Å². The number of anilines is 1. The molecule has 128 valence electrons. The molecule has 0 saturated heterocycles. The molecule has 6 nitrogen and oxygen atoms in total. The Hall–Kier alpha value is -2.25. The van der Waals surface area contributed by atoms with Crippen molar-refractivity contribution in [2.75, 3.05) is 24.7 Å². The number of amides is 1. The van der Waals surface area contributed by atoms with Crippen molar-refractivity contribution in [1.82, 2.24) is 9.29 Å². The number of hydrogen-bond acceptors (Lipinski definition) is 4. The third kappa shape index (κ3) is 5.14. The second kappa shape index (κ2) is 8.03. The minimum atomic E-state index is -3.41. The SMILES string of the molecule is CN(C(=O)CCN(Cc1ccncc1)S(C)(=O)=O)c1ccccc1. The lowest BCUT2D eigenvalue weighted by molar-refractivity contribution is -0.118. The maximum absolute atomic E-state index is 12.3. The lowest BCUT2D eigenvalue weighted by Crippen LogP contribution is -2.35. The summed E-state index contributed by atoms with van der Waals surface area (Å²) in [6.45, 7) is 0.362. The molecule has 2 aromatic rings. The summed E-state index contributed by atoms with van der Waals surface area (Å²) in [7, 11) is -1.72. The molecule has 1 aromatic heterocycles. The van der Waals surface area contributed by atoms with Crippen molar-refractivity contribution in [3.05, 3.63) is 60.4 Å². The normalized spacial score (nSPS) is 11.5. The molecule has 0 fully saturated rings. The Labute approximate surface area is 142 Å². The van der Waals surface area contributed by atoms with Crippen LogP contribution in [0.25, 0.3) is 0 Å². The van der Waals surface area contributed by atoms with E-state index in [-0.39, 0.29) is 25.4 Å². The Kier molecular flexibility index (Phi) is 6.05. The van der Waals surface area contributed by atoms with Gasteiger partial charge in [0.2, 0.25) is 15.9 Å². The fourth-order valence-electron chi connectivity index (χ4n) is 2.24. The molecule has 0 radical (unpaired) electrons. The van der Waals surface area contributed by atoms with Crippen LogP contribution in [0.2, 0.25) is 0 Å². The molecule has 24 heavy (non-hydrogen) atoms. The van der Waals surface area contributed by atoms with Crippen LogP contribution >= 0.6 is 0 Å². The van der Waals surface area contributed by atoms with Gasteiger partial charge in [-0.3, -0.25) is 9.78 Å². The van der Waals surface area contributed by atoms with Gasteiger partial charge in [0.15, 0.2) is 0 Å². The molecule has 0 aliphatic carbocycles. The second-order valence-electron chi connectivity index (χ2n) is 5.49. The zero-order chi connectivity index (χ0) is 17.6. The van der Waals surface area contributed by atoms with E-state index in [9.17, 15) is 13.2 Å². The van der Waals surface area contributed by atoms with Crippen molar-refractivity contribution in [1.29, 1.82) is 0 Å². The quantitative estimate of drug-likeness (QED) is 0.767. The van der Waals surface area contributed by atoms with Gasteiger partial charge in [-0.05, 0) is 29.8 Å². The Morgan fingerprint density at radius 1 is 1.08 bits per heavy atom. The highest BCUT2D eigenvalue weighted by molar-refractivity contribution is 7.88. The van der Waals surface area contributed by atoms with Gasteiger partial charge < -0.3 is 4.90 Å². The summed E-state index contributed by atoms with van der Waals surface area (Å²) < 4.78 is 25.3. The zero-order valence-corrected chi connectivity index (χ0v) is 14.6. The van der Waals surface area contributed by atoms with Gasteiger partial charge in [0.05, 0.1) is 6.26 Å². The highest BCUT2D eigenvalue weighted by atomic mass is 32.2. The van der Waals surface area contributed by atoms with Gasteiger partial charge >= 0.3 is 0 Å². The average Bonchev–Trinajstić information content (AvgIpc) is 2.58. The van der Waals surface area contributed by atoms with Crippen molar-refractivity contribution in [2.45, 2.75) is 13.0 Å². The van der Waals surface area contributed by atoms with E-state index in [0.717, 1.165) is 17.5 Å². The number of pyridine rings is 1. The summed E-state index contributed by atoms with van der Waals surface area (Å²) in [5.41, 5.74) is 1.61. The van der Waals surface area contributed by atoms with Crippen molar-refractivity contribution in [2.24, 2.45) is 0 Å². The second-order valence-corrected chi connectivity index (χ2v) is 7.47. The number of nitrogens with zero attached hydrogens (tertiary/aromatic N) is 3. The van der Waals surface area contributed by atoms with Gasteiger partial charge in [0.1, 0.15) is 0 Å². The molecule has 1 heterocycles. The molecule has 0 spiro atoms. The molecule has 0 aliphatic rings. The fourth-order valence-corrected chi connectivity index (χ4v) is 3.04. The Bertz CT molecular complexity index is 764. The van der Waals surface area contributed by atoms with Gasteiger partial charge in [0, 0.05) is 44.6 Å². The third-order valence-corrected chi connectivity index (χ3v) is 4.92. The first-order chi connectivity index (χ1) is 11.4. The molecule has 0 bridgehead atoms. The van der Waals surface area contributed by atoms with Crippen molar-refractivity contribution in [3.8, 4) is 0 Å². The van der Waals surface area contributed by atoms with Crippen LogP contribution in [0, 0.1) is 0 Å². The molecule has 0 unspecified atom stereocenters. The molecule has 0 atom stereocenters. The third-order valence-electron chi connectivity index (χ3n) is 3.67. The van der Waals surface area contributed by atoms with E-state index in [1.54, 1.807) is 31.6 Å². The van der Waals surface area contributed by atoms with Crippen LogP contribution in [0.15, 0.2) is 54.9 Å². The highest BCUT2D eigenvalue weighted by Crippen LogP contribution is 2.14. The number of benzene rings is 1. The smallest absolute Gasteiger partial charge is 0.228 e. The monoisotopic (exact) mass is 347 g/mol. The number of rotatable bonds is 7. The van der Waals surface area contributed by atoms with E-state index in [1.807, 2.05) is 30.3 Å². The maximum atomic E-state index is 12.3. The summed E-state index contributed by atoms with van der Waals surface area (Å²) in [5.74, 6) is -0.135. The van der Waals surface area contributed by atoms with Gasteiger partial charge in [0.25, 0.3) is 0 Å². The largest absolute Gasteiger partial charge is 0.315 e. The minimum Gasteiger partial charge on any atom is -0.315 e. The van der Waals surface area contributed by atoms with E-state index in [2.05, 4.69) is 4.98 Å². The molecular formula is C17H21N3O3S. The number of hydrogen-bond donors (Lipinski definition) is 0. The molecule has 1 amide bonds. The molecule has 7 heteroatoms. The van der Waals surface area contributed by atoms with E-state index < -0.39 is 10.0 Å². The van der Waals surface area contributed by atoms with Crippen LogP contribution in [0.1, 0.15) is 12.0 Å². The number of carbonyl (C=O) groups excluding carboxylic acids is 1. The lowest BCUT2D eigenvalue weighted by Gasteiger charge is -2.22. The summed E-state index contributed by atoms with van der Waals surface area (Å²) in [5, 5.41) is 0. The predicted octanol–water partition coefficient (Wildman–Crippen LogP) is 1.90. The molecule has 0 saturated carbocycles. The first-order valence-electron chi connectivity index (χ1n) is 7.53. The van der Waals surface area contributed by atoms with Crippen LogP contribution in [0.4, 0.5) is 5.69 Å². The first kappa shape index (κ1) is 18.1. The van der Waals surface area contributed by atoms with Crippen LogP contribution in [0.5, 0.6) is 0 Å². The van der Waals surface area contributed by atoms with Gasteiger partial charge in [-0.25, -0.2) is 8.42 Å². The van der Waals surface area contributed by atoms with Gasteiger partial charge in [-0.1, -0.05) is 18.2 Å². The van der Waals surface area contributed by atoms with Crippen LogP contribution in [0.3, 0.4) is 0 Å². The summed E-state index contributed by atoms with van der Waals surface area (Å²) in [4.78, 5) is 17.8. The molecule has 0 N–H and O–H groups in total. The van der Waals surface area contributed by atoms with Gasteiger partial charge in [-0.15, -0.1) is 0 Å². The number of carbonyl (C=O) groups is 1. The Morgan fingerprint density at radius 2 is 1.71 bits per heavy atom. The number of aromatic nitrogens is 1. The molecular weight excluding hydrogens is 326 g/mol. The standard InChI is InChI=1S/C17H21N3O3S/c1-19(16-6-4-3-5-7-16)17(21)10-13-20(24(2,22)23)14-15-8-11-18-12-9-15/h3-9,11-12H,10,13-14H2,1-2H3. The Morgan fingerprint density at radius 3 is 2.29 bits per heavy atom. The van der Waals surface area contributed by atoms with E-state index in [4.69, 9.17) is 0 Å². The first-order valence-corrected chi connectivity index (χ1v) is 9.38. The minimum absolute atomic E-state index is 0.115. The summed E-state index contributed by atoms with van der Waals surface area (Å²) >= 11 is 0. The molecule has 1 aromatic carbocycles. The van der Waals surface area contributed by atoms with E-state index in [1.165, 1.54) is 9.21 Å². The fraction of sp³-hybridized carbons (Fsp3) is 0.294. The van der Waals surface area contributed by atoms with Crippen molar-refractivity contribution < 1.29 is 13.2 Å². The topological polar surface area (TPSA) is 70.6 Å².